The highest BCUT2D eigenvalue weighted by Gasteiger charge is 2.30. The number of hydrogen-bond donors (Lipinski definition) is 1. The molecule has 2 aromatic carbocycles. The summed E-state index contributed by atoms with van der Waals surface area (Å²) in [6.07, 6.45) is 5.72. The summed E-state index contributed by atoms with van der Waals surface area (Å²) in [6, 6.07) is 12.4. The number of halogens is 3. The Hall–Kier alpha value is -2.82. The van der Waals surface area contributed by atoms with E-state index in [0.717, 1.165) is 42.0 Å². The van der Waals surface area contributed by atoms with Crippen LogP contribution in [-0.2, 0) is 28.9 Å². The molecule has 0 spiro atoms. The van der Waals surface area contributed by atoms with Crippen molar-refractivity contribution in [2.45, 2.75) is 70.6 Å². The lowest BCUT2D eigenvalue weighted by Crippen LogP contribution is -2.26. The third-order valence-corrected chi connectivity index (χ3v) is 6.20. The van der Waals surface area contributed by atoms with Crippen molar-refractivity contribution < 1.29 is 27.9 Å². The lowest BCUT2D eigenvalue weighted by Gasteiger charge is -2.21. The normalized spacial score (nSPS) is 14.5. The van der Waals surface area contributed by atoms with Gasteiger partial charge < -0.3 is 5.11 Å². The maximum atomic E-state index is 12.8. The van der Waals surface area contributed by atoms with E-state index in [-0.39, 0.29) is 13.1 Å². The van der Waals surface area contributed by atoms with Crippen LogP contribution in [0, 0.1) is 17.8 Å². The number of unbranched alkanes of at least 4 members (excludes halogenated alkanes) is 1. The average molecular weight is 488 g/mol. The van der Waals surface area contributed by atoms with Gasteiger partial charge in [0.1, 0.15) is 0 Å². The Kier molecular flexibility index (Phi) is 10.2. The van der Waals surface area contributed by atoms with Gasteiger partial charge in [-0.2, -0.15) is 18.2 Å². The van der Waals surface area contributed by atoms with Crippen LogP contribution in [0.1, 0.15) is 73.6 Å². The lowest BCUT2D eigenvalue weighted by molar-refractivity contribution is -0.190. The van der Waals surface area contributed by atoms with Crippen LogP contribution in [0.5, 0.6) is 0 Å². The van der Waals surface area contributed by atoms with Gasteiger partial charge in [-0.25, -0.2) is 4.79 Å². The van der Waals surface area contributed by atoms with Crippen LogP contribution in [0.3, 0.4) is 0 Å². The highest BCUT2D eigenvalue weighted by atomic mass is 19.4. The second kappa shape index (κ2) is 13.3. The predicted molar refractivity (Wildman–Crippen MR) is 128 cm³/mol. The molecular formula is C28H32F3NO3. The minimum absolute atomic E-state index is 0.147. The van der Waals surface area contributed by atoms with Crippen LogP contribution in [0.4, 0.5) is 13.2 Å². The number of carboxylic acid groups (broad SMARTS) is 1. The Labute approximate surface area is 205 Å². The van der Waals surface area contributed by atoms with Gasteiger partial charge in [-0.1, -0.05) is 68.2 Å². The molecule has 35 heavy (non-hydrogen) atoms. The highest BCUT2D eigenvalue weighted by molar-refractivity contribution is 5.67. The zero-order valence-corrected chi connectivity index (χ0v) is 19.8. The summed E-state index contributed by atoms with van der Waals surface area (Å²) in [4.78, 5) is 16.3. The van der Waals surface area contributed by atoms with Gasteiger partial charge in [0, 0.05) is 25.1 Å². The third-order valence-electron chi connectivity index (χ3n) is 6.20. The number of benzene rings is 2. The van der Waals surface area contributed by atoms with Crippen molar-refractivity contribution in [3.8, 4) is 11.8 Å². The maximum absolute atomic E-state index is 12.8. The topological polar surface area (TPSA) is 49.8 Å². The fourth-order valence-corrected chi connectivity index (χ4v) is 4.31. The molecule has 0 amide bonds. The number of carboxylic acids is 1. The molecule has 0 atom stereocenters. The lowest BCUT2D eigenvalue weighted by atomic mass is 9.86. The number of nitrogens with zero attached hydrogens (tertiary/aromatic N) is 1. The monoisotopic (exact) mass is 487 g/mol. The molecule has 3 rings (SSSR count). The molecule has 0 aliphatic heterocycles. The maximum Gasteiger partial charge on any atom is 0.416 e. The minimum Gasteiger partial charge on any atom is -0.479 e. The Morgan fingerprint density at radius 3 is 2.14 bits per heavy atom. The van der Waals surface area contributed by atoms with E-state index in [0.29, 0.717) is 5.56 Å². The first kappa shape index (κ1) is 26.8. The van der Waals surface area contributed by atoms with E-state index in [2.05, 4.69) is 11.8 Å². The van der Waals surface area contributed by atoms with Gasteiger partial charge in [0.25, 0.3) is 0 Å². The SMILES string of the molecule is O=C(O)CON(Cc1ccc(C#CCCCC2CCCCC2)cc1)Cc1ccc(C(F)(F)F)cc1. The van der Waals surface area contributed by atoms with Gasteiger partial charge in [-0.15, -0.1) is 0 Å². The van der Waals surface area contributed by atoms with Crippen molar-refractivity contribution in [1.29, 1.82) is 0 Å². The van der Waals surface area contributed by atoms with Crippen LogP contribution >= 0.6 is 0 Å². The van der Waals surface area contributed by atoms with Gasteiger partial charge in [0.2, 0.25) is 0 Å². The zero-order chi connectivity index (χ0) is 25.1. The van der Waals surface area contributed by atoms with Crippen LogP contribution in [-0.4, -0.2) is 22.7 Å². The summed E-state index contributed by atoms with van der Waals surface area (Å²) in [7, 11) is 0. The van der Waals surface area contributed by atoms with Crippen molar-refractivity contribution in [3.05, 3.63) is 70.8 Å². The fraction of sp³-hybridized carbons (Fsp3) is 0.464. The largest absolute Gasteiger partial charge is 0.479 e. The summed E-state index contributed by atoms with van der Waals surface area (Å²) in [5, 5.41) is 10.4. The van der Waals surface area contributed by atoms with Gasteiger partial charge in [0.05, 0.1) is 5.56 Å². The van der Waals surface area contributed by atoms with Crippen LogP contribution in [0.2, 0.25) is 0 Å². The quantitative estimate of drug-likeness (QED) is 0.227. The van der Waals surface area contributed by atoms with Crippen molar-refractivity contribution in [1.82, 2.24) is 5.06 Å². The minimum atomic E-state index is -4.40. The number of hydrogen-bond acceptors (Lipinski definition) is 3. The molecule has 0 radical (unpaired) electrons. The number of alkyl halides is 3. The van der Waals surface area contributed by atoms with Crippen molar-refractivity contribution >= 4 is 5.97 Å². The Bertz CT molecular complexity index is 985. The highest BCUT2D eigenvalue weighted by Crippen LogP contribution is 2.29. The molecule has 0 saturated heterocycles. The molecule has 0 aromatic heterocycles. The molecule has 4 nitrogen and oxygen atoms in total. The summed E-state index contributed by atoms with van der Waals surface area (Å²) in [5.74, 6) is 6.19. The Morgan fingerprint density at radius 2 is 1.57 bits per heavy atom. The first-order chi connectivity index (χ1) is 16.8. The number of aliphatic carboxylic acids is 1. The predicted octanol–water partition coefficient (Wildman–Crippen LogP) is 6.83. The molecule has 0 heterocycles. The summed E-state index contributed by atoms with van der Waals surface area (Å²) < 4.78 is 38.4. The van der Waals surface area contributed by atoms with E-state index in [4.69, 9.17) is 9.94 Å². The number of carbonyl (C=O) groups is 1. The van der Waals surface area contributed by atoms with E-state index >= 15 is 0 Å². The van der Waals surface area contributed by atoms with Crippen molar-refractivity contribution in [3.63, 3.8) is 0 Å². The molecule has 1 aliphatic rings. The summed E-state index contributed by atoms with van der Waals surface area (Å²) in [5.41, 5.74) is 1.64. The van der Waals surface area contributed by atoms with Crippen LogP contribution in [0.25, 0.3) is 0 Å². The Balaban J connectivity index is 1.53. The first-order valence-electron chi connectivity index (χ1n) is 12.1. The van der Waals surface area contributed by atoms with Gasteiger partial charge in [-0.3, -0.25) is 4.84 Å². The molecule has 0 unspecified atom stereocenters. The molecule has 1 aliphatic carbocycles. The number of rotatable bonds is 10. The summed E-state index contributed by atoms with van der Waals surface area (Å²) in [6.45, 7) is -0.109. The standard InChI is InChI=1S/C28H32F3NO3/c29-28(30,31)26-17-15-25(16-18-26)20-32(35-21-27(33)34)19-24-13-11-23(12-14-24)10-6-2-5-9-22-7-3-1-4-8-22/h11-18,22H,1-5,7-9,19-21H2,(H,33,34). The van der Waals surface area contributed by atoms with Crippen LogP contribution in [0.15, 0.2) is 48.5 Å². The van der Waals surface area contributed by atoms with Gasteiger partial charge >= 0.3 is 12.1 Å². The third kappa shape index (κ3) is 9.75. The molecule has 1 saturated carbocycles. The van der Waals surface area contributed by atoms with E-state index < -0.39 is 24.3 Å². The molecule has 1 N–H and O–H groups in total. The van der Waals surface area contributed by atoms with Gasteiger partial charge in [-0.05, 0) is 54.2 Å². The van der Waals surface area contributed by atoms with Crippen molar-refractivity contribution in [2.75, 3.05) is 6.61 Å². The molecule has 1 fully saturated rings. The second-order valence-corrected chi connectivity index (χ2v) is 9.05. The molecular weight excluding hydrogens is 455 g/mol. The van der Waals surface area contributed by atoms with E-state index in [9.17, 15) is 18.0 Å². The summed E-state index contributed by atoms with van der Waals surface area (Å²) >= 11 is 0. The van der Waals surface area contributed by atoms with Crippen LogP contribution < -0.4 is 0 Å². The molecule has 0 bridgehead atoms. The van der Waals surface area contributed by atoms with E-state index in [1.54, 1.807) is 0 Å². The second-order valence-electron chi connectivity index (χ2n) is 9.05. The van der Waals surface area contributed by atoms with E-state index in [1.807, 2.05) is 24.3 Å². The molecule has 2 aromatic rings. The van der Waals surface area contributed by atoms with Crippen molar-refractivity contribution in [2.24, 2.45) is 5.92 Å². The zero-order valence-electron chi connectivity index (χ0n) is 19.8. The average Bonchev–Trinajstić information content (AvgIpc) is 2.84. The fourth-order valence-electron chi connectivity index (χ4n) is 4.31. The molecule has 188 valence electrons. The van der Waals surface area contributed by atoms with E-state index in [1.165, 1.54) is 55.7 Å². The number of hydroxylamine groups is 2. The van der Waals surface area contributed by atoms with Gasteiger partial charge in [0.15, 0.2) is 6.61 Å². The Morgan fingerprint density at radius 1 is 0.971 bits per heavy atom. The smallest absolute Gasteiger partial charge is 0.416 e. The molecule has 7 heteroatoms. The first-order valence-corrected chi connectivity index (χ1v) is 12.1.